The second-order valence-corrected chi connectivity index (χ2v) is 5.07. The molecular formula is C13H10ClNOS. The molecule has 2 aromatic rings. The first kappa shape index (κ1) is 12.1. The number of aromatic nitrogens is 1. The van der Waals surface area contributed by atoms with Gasteiger partial charge in [-0.3, -0.25) is 4.79 Å². The number of hydrogen-bond acceptors (Lipinski definition) is 3. The molecule has 0 amide bonds. The van der Waals surface area contributed by atoms with E-state index in [-0.39, 0.29) is 0 Å². The third-order valence-corrected chi connectivity index (χ3v) is 3.47. The summed E-state index contributed by atoms with van der Waals surface area (Å²) in [7, 11) is 0. The molecule has 2 nitrogen and oxygen atoms in total. The average Bonchev–Trinajstić information content (AvgIpc) is 2.34. The molecule has 0 bridgehead atoms. The van der Waals surface area contributed by atoms with Gasteiger partial charge in [-0.05, 0) is 31.2 Å². The largest absolute Gasteiger partial charge is 0.298 e. The SMILES string of the molecule is Cc1ccc(Sc2ccc(Cl)cn2)c(C=O)c1. The first-order valence-corrected chi connectivity index (χ1v) is 6.24. The van der Waals surface area contributed by atoms with Crippen LogP contribution in [-0.4, -0.2) is 11.3 Å². The van der Waals surface area contributed by atoms with Gasteiger partial charge >= 0.3 is 0 Å². The van der Waals surface area contributed by atoms with Crippen LogP contribution in [0.4, 0.5) is 0 Å². The molecule has 1 aromatic heterocycles. The summed E-state index contributed by atoms with van der Waals surface area (Å²) in [5, 5.41) is 1.43. The molecule has 0 atom stereocenters. The number of benzene rings is 1. The Balaban J connectivity index is 2.29. The van der Waals surface area contributed by atoms with E-state index >= 15 is 0 Å². The molecule has 0 N–H and O–H groups in total. The summed E-state index contributed by atoms with van der Waals surface area (Å²) in [6.07, 6.45) is 2.46. The fourth-order valence-electron chi connectivity index (χ4n) is 1.39. The van der Waals surface area contributed by atoms with E-state index in [1.165, 1.54) is 11.8 Å². The standard InChI is InChI=1S/C13H10ClNOS/c1-9-2-4-12(10(6-9)8-16)17-13-5-3-11(14)7-15-13/h2-8H,1H3. The van der Waals surface area contributed by atoms with E-state index in [2.05, 4.69) is 4.98 Å². The predicted octanol–water partition coefficient (Wildman–Crippen LogP) is 4.01. The third kappa shape index (κ3) is 3.08. The number of halogens is 1. The van der Waals surface area contributed by atoms with Crippen molar-refractivity contribution >= 4 is 29.6 Å². The summed E-state index contributed by atoms with van der Waals surface area (Å²) in [5.74, 6) is 0. The lowest BCUT2D eigenvalue weighted by atomic mass is 10.2. The summed E-state index contributed by atoms with van der Waals surface area (Å²) >= 11 is 7.22. The van der Waals surface area contributed by atoms with Crippen LogP contribution in [0.5, 0.6) is 0 Å². The van der Waals surface area contributed by atoms with Crippen molar-refractivity contribution in [2.45, 2.75) is 16.8 Å². The van der Waals surface area contributed by atoms with Gasteiger partial charge < -0.3 is 0 Å². The molecule has 2 rings (SSSR count). The molecule has 0 aliphatic carbocycles. The number of aryl methyl sites for hydroxylation is 1. The Bertz CT molecular complexity index is 540. The molecule has 0 spiro atoms. The number of carbonyl (C=O) groups excluding carboxylic acids is 1. The van der Waals surface area contributed by atoms with Gasteiger partial charge in [-0.1, -0.05) is 35.0 Å². The Morgan fingerprint density at radius 3 is 2.76 bits per heavy atom. The maximum atomic E-state index is 11.0. The molecular weight excluding hydrogens is 254 g/mol. The van der Waals surface area contributed by atoms with Crippen molar-refractivity contribution in [1.82, 2.24) is 4.98 Å². The molecule has 0 saturated heterocycles. The Morgan fingerprint density at radius 2 is 2.12 bits per heavy atom. The number of pyridine rings is 1. The number of nitrogens with zero attached hydrogens (tertiary/aromatic N) is 1. The third-order valence-electron chi connectivity index (χ3n) is 2.21. The maximum absolute atomic E-state index is 11.0. The van der Waals surface area contributed by atoms with Crippen molar-refractivity contribution in [1.29, 1.82) is 0 Å². The zero-order chi connectivity index (χ0) is 12.3. The number of carbonyl (C=O) groups is 1. The zero-order valence-electron chi connectivity index (χ0n) is 9.18. The van der Waals surface area contributed by atoms with E-state index in [1.54, 1.807) is 12.3 Å². The molecule has 1 heterocycles. The molecule has 0 aliphatic rings. The Kier molecular flexibility index (Phi) is 3.82. The lowest BCUT2D eigenvalue weighted by Crippen LogP contribution is -1.87. The normalized spacial score (nSPS) is 10.2. The summed E-state index contributed by atoms with van der Waals surface area (Å²) in [4.78, 5) is 16.1. The van der Waals surface area contributed by atoms with Gasteiger partial charge in [-0.15, -0.1) is 0 Å². The van der Waals surface area contributed by atoms with E-state index in [4.69, 9.17) is 11.6 Å². The highest BCUT2D eigenvalue weighted by molar-refractivity contribution is 7.99. The van der Waals surface area contributed by atoms with E-state index in [1.807, 2.05) is 31.2 Å². The van der Waals surface area contributed by atoms with Crippen LogP contribution in [0.1, 0.15) is 15.9 Å². The van der Waals surface area contributed by atoms with Crippen molar-refractivity contribution < 1.29 is 4.79 Å². The van der Waals surface area contributed by atoms with Gasteiger partial charge in [0.1, 0.15) is 5.03 Å². The van der Waals surface area contributed by atoms with E-state index in [9.17, 15) is 4.79 Å². The zero-order valence-corrected chi connectivity index (χ0v) is 10.8. The molecule has 4 heteroatoms. The minimum Gasteiger partial charge on any atom is -0.298 e. The van der Waals surface area contributed by atoms with Crippen LogP contribution >= 0.6 is 23.4 Å². The van der Waals surface area contributed by atoms with Crippen LogP contribution in [0.25, 0.3) is 0 Å². The fraction of sp³-hybridized carbons (Fsp3) is 0.0769. The fourth-order valence-corrected chi connectivity index (χ4v) is 2.33. The van der Waals surface area contributed by atoms with Gasteiger partial charge in [0.15, 0.2) is 6.29 Å². The summed E-state index contributed by atoms with van der Waals surface area (Å²) in [6.45, 7) is 1.96. The Hall–Kier alpha value is -1.32. The van der Waals surface area contributed by atoms with Crippen LogP contribution in [0.3, 0.4) is 0 Å². The number of rotatable bonds is 3. The van der Waals surface area contributed by atoms with Gasteiger partial charge in [0, 0.05) is 16.7 Å². The van der Waals surface area contributed by atoms with Crippen molar-refractivity contribution in [2.75, 3.05) is 0 Å². The maximum Gasteiger partial charge on any atom is 0.151 e. The Labute approximate surface area is 109 Å². The van der Waals surface area contributed by atoms with E-state index in [0.29, 0.717) is 10.6 Å². The quantitative estimate of drug-likeness (QED) is 0.784. The highest BCUT2D eigenvalue weighted by atomic mass is 35.5. The molecule has 86 valence electrons. The second-order valence-electron chi connectivity index (χ2n) is 3.58. The highest BCUT2D eigenvalue weighted by Crippen LogP contribution is 2.29. The molecule has 0 saturated carbocycles. The van der Waals surface area contributed by atoms with Gasteiger partial charge in [-0.25, -0.2) is 4.98 Å². The van der Waals surface area contributed by atoms with Crippen molar-refractivity contribution in [2.24, 2.45) is 0 Å². The van der Waals surface area contributed by atoms with Crippen molar-refractivity contribution in [3.8, 4) is 0 Å². The molecule has 1 aromatic carbocycles. The summed E-state index contributed by atoms with van der Waals surface area (Å²) < 4.78 is 0. The lowest BCUT2D eigenvalue weighted by molar-refractivity contribution is 0.112. The number of aldehydes is 1. The molecule has 0 aliphatic heterocycles. The van der Waals surface area contributed by atoms with Crippen LogP contribution in [0, 0.1) is 6.92 Å². The van der Waals surface area contributed by atoms with Gasteiger partial charge in [0.2, 0.25) is 0 Å². The summed E-state index contributed by atoms with van der Waals surface area (Å²) in [6, 6.07) is 9.39. The monoisotopic (exact) mass is 263 g/mol. The minimum absolute atomic E-state index is 0.605. The van der Waals surface area contributed by atoms with Crippen LogP contribution in [-0.2, 0) is 0 Å². The van der Waals surface area contributed by atoms with Gasteiger partial charge in [-0.2, -0.15) is 0 Å². The van der Waals surface area contributed by atoms with E-state index in [0.717, 1.165) is 21.8 Å². The first-order chi connectivity index (χ1) is 8.19. The topological polar surface area (TPSA) is 30.0 Å². The summed E-state index contributed by atoms with van der Waals surface area (Å²) in [5.41, 5.74) is 1.76. The second kappa shape index (κ2) is 5.34. The van der Waals surface area contributed by atoms with Crippen molar-refractivity contribution in [3.63, 3.8) is 0 Å². The van der Waals surface area contributed by atoms with Crippen LogP contribution in [0.2, 0.25) is 5.02 Å². The molecule has 17 heavy (non-hydrogen) atoms. The predicted molar refractivity (Wildman–Crippen MR) is 69.9 cm³/mol. The van der Waals surface area contributed by atoms with Gasteiger partial charge in [0.25, 0.3) is 0 Å². The van der Waals surface area contributed by atoms with Crippen LogP contribution in [0.15, 0.2) is 46.5 Å². The molecule has 0 radical (unpaired) electrons. The molecule has 0 fully saturated rings. The average molecular weight is 264 g/mol. The smallest absolute Gasteiger partial charge is 0.151 e. The lowest BCUT2D eigenvalue weighted by Gasteiger charge is -2.04. The van der Waals surface area contributed by atoms with Gasteiger partial charge in [0.05, 0.1) is 5.02 Å². The Morgan fingerprint density at radius 1 is 1.29 bits per heavy atom. The highest BCUT2D eigenvalue weighted by Gasteiger charge is 2.05. The number of hydrogen-bond donors (Lipinski definition) is 0. The van der Waals surface area contributed by atoms with Crippen LogP contribution < -0.4 is 0 Å². The minimum atomic E-state index is 0.605. The van der Waals surface area contributed by atoms with E-state index < -0.39 is 0 Å². The first-order valence-electron chi connectivity index (χ1n) is 5.04. The molecule has 0 unspecified atom stereocenters. The van der Waals surface area contributed by atoms with Crippen molar-refractivity contribution in [3.05, 3.63) is 52.7 Å².